The molecular formula is C20H16ClF4N5OS. The third-order valence-electron chi connectivity index (χ3n) is 4.80. The van der Waals surface area contributed by atoms with Crippen molar-refractivity contribution in [3.63, 3.8) is 0 Å². The maximum Gasteiger partial charge on any atom is 0.433 e. The van der Waals surface area contributed by atoms with Crippen molar-refractivity contribution in [1.82, 2.24) is 24.4 Å². The molecule has 168 valence electrons. The number of nitrogens with zero attached hydrogens (tertiary/aromatic N) is 4. The second-order valence-electron chi connectivity index (χ2n) is 7.00. The molecule has 1 aromatic carbocycles. The Labute approximate surface area is 189 Å². The van der Waals surface area contributed by atoms with Crippen LogP contribution in [0.15, 0.2) is 53.7 Å². The highest BCUT2D eigenvalue weighted by Gasteiger charge is 2.35. The highest BCUT2D eigenvalue weighted by atomic mass is 35.5. The summed E-state index contributed by atoms with van der Waals surface area (Å²) < 4.78 is 54.2. The van der Waals surface area contributed by atoms with Crippen molar-refractivity contribution in [3.8, 4) is 5.69 Å². The van der Waals surface area contributed by atoms with Crippen LogP contribution in [0.5, 0.6) is 0 Å². The van der Waals surface area contributed by atoms with Gasteiger partial charge in [0.2, 0.25) is 5.91 Å². The lowest BCUT2D eigenvalue weighted by atomic mass is 10.1. The molecule has 0 bridgehead atoms. The lowest BCUT2D eigenvalue weighted by Gasteiger charge is -2.38. The Balaban J connectivity index is 1.35. The zero-order valence-corrected chi connectivity index (χ0v) is 17.9. The van der Waals surface area contributed by atoms with Crippen LogP contribution in [-0.2, 0) is 17.5 Å². The van der Waals surface area contributed by atoms with Gasteiger partial charge >= 0.3 is 6.18 Å². The van der Waals surface area contributed by atoms with E-state index in [1.54, 1.807) is 12.1 Å². The van der Waals surface area contributed by atoms with Crippen LogP contribution in [0.25, 0.3) is 5.69 Å². The number of aromatic nitrogens is 3. The molecule has 3 heterocycles. The third-order valence-corrected chi connectivity index (χ3v) is 6.28. The molecule has 3 aromatic rings. The first kappa shape index (κ1) is 22.6. The molecule has 0 aliphatic carbocycles. The van der Waals surface area contributed by atoms with Gasteiger partial charge in [0, 0.05) is 29.7 Å². The summed E-state index contributed by atoms with van der Waals surface area (Å²) in [5.41, 5.74) is -0.189. The second kappa shape index (κ2) is 9.08. The first-order chi connectivity index (χ1) is 15.2. The predicted molar refractivity (Wildman–Crippen MR) is 111 cm³/mol. The second-order valence-corrected chi connectivity index (χ2v) is 8.48. The normalized spacial score (nSPS) is 16.6. The van der Waals surface area contributed by atoms with Crippen molar-refractivity contribution in [2.24, 2.45) is 0 Å². The van der Waals surface area contributed by atoms with Gasteiger partial charge in [0.1, 0.15) is 17.6 Å². The summed E-state index contributed by atoms with van der Waals surface area (Å²) in [4.78, 5) is 16.8. The van der Waals surface area contributed by atoms with E-state index in [-0.39, 0.29) is 29.5 Å². The van der Waals surface area contributed by atoms with E-state index in [1.165, 1.54) is 41.0 Å². The minimum Gasteiger partial charge on any atom is -0.350 e. The van der Waals surface area contributed by atoms with E-state index in [4.69, 9.17) is 11.6 Å². The van der Waals surface area contributed by atoms with E-state index in [0.29, 0.717) is 17.7 Å². The molecular weight excluding hydrogens is 470 g/mol. The lowest BCUT2D eigenvalue weighted by molar-refractivity contribution is -0.141. The fraction of sp³-hybridized carbons (Fsp3) is 0.250. The van der Waals surface area contributed by atoms with Crippen LogP contribution in [0.4, 0.5) is 17.6 Å². The smallest absolute Gasteiger partial charge is 0.350 e. The number of benzene rings is 1. The first-order valence-electron chi connectivity index (χ1n) is 9.46. The van der Waals surface area contributed by atoms with Gasteiger partial charge in [-0.15, -0.1) is 0 Å². The standard InChI is InChI=1S/C20H16ClF4N5OS/c21-18-12(11-29(28-18)14-3-6-17(26-10-14)20(23,24)25)9-27-19(31)16-7-8-30(16)32-15-4-1-13(22)2-5-15/h1-6,10-11,16H,7-9H2,(H,27,31)/t16-/m0/s1. The Hall–Kier alpha value is -2.63. The number of carbonyl (C=O) groups excluding carboxylic acids is 1. The van der Waals surface area contributed by atoms with Gasteiger partial charge in [0.15, 0.2) is 5.15 Å². The number of amides is 1. The molecule has 6 nitrogen and oxygen atoms in total. The molecule has 1 aliphatic heterocycles. The van der Waals surface area contributed by atoms with Crippen molar-refractivity contribution in [2.45, 2.75) is 30.1 Å². The van der Waals surface area contributed by atoms with Crippen molar-refractivity contribution >= 4 is 29.5 Å². The minimum atomic E-state index is -4.53. The molecule has 2 aromatic heterocycles. The highest BCUT2D eigenvalue weighted by molar-refractivity contribution is 7.97. The van der Waals surface area contributed by atoms with Gasteiger partial charge in [-0.05, 0) is 54.8 Å². The van der Waals surface area contributed by atoms with Crippen LogP contribution in [0, 0.1) is 5.82 Å². The number of hydrogen-bond acceptors (Lipinski definition) is 5. The maximum absolute atomic E-state index is 13.0. The molecule has 4 rings (SSSR count). The van der Waals surface area contributed by atoms with E-state index < -0.39 is 11.9 Å². The van der Waals surface area contributed by atoms with Crippen molar-refractivity contribution in [1.29, 1.82) is 0 Å². The summed E-state index contributed by atoms with van der Waals surface area (Å²) in [7, 11) is 0. The predicted octanol–water partition coefficient (Wildman–Crippen LogP) is 4.48. The van der Waals surface area contributed by atoms with Gasteiger partial charge in [-0.3, -0.25) is 4.79 Å². The largest absolute Gasteiger partial charge is 0.433 e. The molecule has 0 unspecified atom stereocenters. The summed E-state index contributed by atoms with van der Waals surface area (Å²) in [5.74, 6) is -0.511. The summed E-state index contributed by atoms with van der Waals surface area (Å²) >= 11 is 7.51. The monoisotopic (exact) mass is 485 g/mol. The fourth-order valence-corrected chi connectivity index (χ4v) is 4.25. The molecule has 0 radical (unpaired) electrons. The molecule has 1 fully saturated rings. The zero-order valence-electron chi connectivity index (χ0n) is 16.3. The quantitative estimate of drug-likeness (QED) is 0.412. The molecule has 1 saturated heterocycles. The van der Waals surface area contributed by atoms with Crippen LogP contribution in [0.2, 0.25) is 5.15 Å². The molecule has 1 N–H and O–H groups in total. The fourth-order valence-electron chi connectivity index (χ4n) is 2.99. The van der Waals surface area contributed by atoms with Crippen molar-refractivity contribution in [2.75, 3.05) is 6.54 Å². The van der Waals surface area contributed by atoms with Crippen LogP contribution in [0.3, 0.4) is 0 Å². The van der Waals surface area contributed by atoms with Gasteiger partial charge in [-0.25, -0.2) is 18.4 Å². The number of nitrogens with one attached hydrogen (secondary N) is 1. The number of halogens is 5. The van der Waals surface area contributed by atoms with Crippen LogP contribution in [0.1, 0.15) is 17.7 Å². The molecule has 0 spiro atoms. The van der Waals surface area contributed by atoms with E-state index in [9.17, 15) is 22.4 Å². The summed E-state index contributed by atoms with van der Waals surface area (Å²) in [5, 5.41) is 7.00. The molecule has 1 aliphatic rings. The number of pyridine rings is 1. The topological polar surface area (TPSA) is 63.1 Å². The number of rotatable bonds is 6. The lowest BCUT2D eigenvalue weighted by Crippen LogP contribution is -2.52. The van der Waals surface area contributed by atoms with Crippen molar-refractivity contribution in [3.05, 3.63) is 71.0 Å². The van der Waals surface area contributed by atoms with E-state index in [2.05, 4.69) is 15.4 Å². The Bertz CT molecular complexity index is 1100. The molecule has 32 heavy (non-hydrogen) atoms. The van der Waals surface area contributed by atoms with Crippen LogP contribution >= 0.6 is 23.5 Å². The average molecular weight is 486 g/mol. The SMILES string of the molecule is O=C(NCc1cn(-c2ccc(C(F)(F)F)nc2)nc1Cl)[C@@H]1CCN1Sc1ccc(F)cc1. The molecule has 1 atom stereocenters. The van der Waals surface area contributed by atoms with Crippen LogP contribution in [-0.4, -0.2) is 37.6 Å². The highest BCUT2D eigenvalue weighted by Crippen LogP contribution is 2.32. The maximum atomic E-state index is 13.0. The molecule has 0 saturated carbocycles. The Morgan fingerprint density at radius 1 is 1.22 bits per heavy atom. The number of carbonyl (C=O) groups is 1. The van der Waals surface area contributed by atoms with Gasteiger partial charge in [-0.1, -0.05) is 11.6 Å². The Morgan fingerprint density at radius 3 is 2.56 bits per heavy atom. The van der Waals surface area contributed by atoms with E-state index in [1.807, 2.05) is 4.31 Å². The van der Waals surface area contributed by atoms with Crippen molar-refractivity contribution < 1.29 is 22.4 Å². The van der Waals surface area contributed by atoms with Gasteiger partial charge in [0.05, 0.1) is 11.9 Å². The van der Waals surface area contributed by atoms with Gasteiger partial charge in [-0.2, -0.15) is 18.3 Å². The van der Waals surface area contributed by atoms with E-state index >= 15 is 0 Å². The van der Waals surface area contributed by atoms with E-state index in [0.717, 1.165) is 23.7 Å². The molecule has 12 heteroatoms. The first-order valence-corrected chi connectivity index (χ1v) is 10.6. The number of hydrogen-bond donors (Lipinski definition) is 1. The average Bonchev–Trinajstić information content (AvgIpc) is 3.11. The third kappa shape index (κ3) is 5.05. The minimum absolute atomic E-state index is 0.108. The Kier molecular flexibility index (Phi) is 6.40. The van der Waals surface area contributed by atoms with Gasteiger partial charge in [0.25, 0.3) is 0 Å². The Morgan fingerprint density at radius 2 is 1.97 bits per heavy atom. The van der Waals surface area contributed by atoms with Gasteiger partial charge < -0.3 is 5.32 Å². The number of alkyl halides is 3. The summed E-state index contributed by atoms with van der Waals surface area (Å²) in [6.45, 7) is 0.830. The van der Waals surface area contributed by atoms with Crippen LogP contribution < -0.4 is 5.32 Å². The molecule has 1 amide bonds. The summed E-state index contributed by atoms with van der Waals surface area (Å²) in [6, 6.07) is 7.79. The zero-order chi connectivity index (χ0) is 22.9. The summed E-state index contributed by atoms with van der Waals surface area (Å²) in [6.07, 6.45) is -1.27.